The molecule has 2 aromatic heterocycles. The molecule has 0 aliphatic heterocycles. The van der Waals surface area contributed by atoms with Gasteiger partial charge in [-0.3, -0.25) is 4.79 Å². The number of hydrogen-bond acceptors (Lipinski definition) is 7. The van der Waals surface area contributed by atoms with Crippen LogP contribution in [0, 0.1) is 6.57 Å². The van der Waals surface area contributed by atoms with Crippen molar-refractivity contribution in [2.24, 2.45) is 10.2 Å². The van der Waals surface area contributed by atoms with Crippen LogP contribution < -0.4 is 5.32 Å². The van der Waals surface area contributed by atoms with Crippen molar-refractivity contribution in [3.8, 4) is 10.9 Å². The van der Waals surface area contributed by atoms with E-state index in [4.69, 9.17) is 6.57 Å². The minimum atomic E-state index is -0.480. The summed E-state index contributed by atoms with van der Waals surface area (Å²) in [5.41, 5.74) is 0.938. The summed E-state index contributed by atoms with van der Waals surface area (Å²) < 4.78 is 1.41. The number of carbonyl (C=O) groups excluding carboxylic acids is 1. The average molecular weight is 465 g/mol. The van der Waals surface area contributed by atoms with Gasteiger partial charge in [0.25, 0.3) is 11.6 Å². The maximum atomic E-state index is 13.1. The molecular formula is C24H15N7O2S. The summed E-state index contributed by atoms with van der Waals surface area (Å²) >= 11 is 1.33. The number of hydrogen-bond donors (Lipinski definition) is 2. The topological polar surface area (TPSA) is 109 Å². The van der Waals surface area contributed by atoms with Gasteiger partial charge in [0.15, 0.2) is 11.6 Å². The van der Waals surface area contributed by atoms with Gasteiger partial charge in [-0.1, -0.05) is 42.5 Å². The number of para-hydroxylation sites is 1. The number of amides is 1. The van der Waals surface area contributed by atoms with E-state index in [1.54, 1.807) is 54.0 Å². The number of carbonyl (C=O) groups is 1. The zero-order chi connectivity index (χ0) is 23.5. The molecule has 0 saturated carbocycles. The lowest BCUT2D eigenvalue weighted by atomic mass is 10.0. The van der Waals surface area contributed by atoms with Crippen molar-refractivity contribution in [1.29, 1.82) is 0 Å². The zero-order valence-electron chi connectivity index (χ0n) is 17.5. The monoisotopic (exact) mass is 465 g/mol. The molecule has 0 aliphatic rings. The predicted octanol–water partition coefficient (Wildman–Crippen LogP) is 6.41. The lowest BCUT2D eigenvalue weighted by Crippen LogP contribution is -2.12. The zero-order valence-corrected chi connectivity index (χ0v) is 18.3. The van der Waals surface area contributed by atoms with Gasteiger partial charge in [0.1, 0.15) is 5.69 Å². The fraction of sp³-hybridized carbons (Fsp3) is 0. The molecule has 0 saturated heterocycles. The number of azo groups is 1. The predicted molar refractivity (Wildman–Crippen MR) is 130 cm³/mol. The van der Waals surface area contributed by atoms with Crippen molar-refractivity contribution >= 4 is 50.9 Å². The Hall–Kier alpha value is -4.88. The third-order valence-corrected chi connectivity index (χ3v) is 5.71. The summed E-state index contributed by atoms with van der Waals surface area (Å²) in [7, 11) is 0. The summed E-state index contributed by atoms with van der Waals surface area (Å²) in [5.74, 6) is -0.625. The van der Waals surface area contributed by atoms with Gasteiger partial charge in [-0.15, -0.1) is 21.6 Å². The van der Waals surface area contributed by atoms with Crippen LogP contribution in [0.15, 0.2) is 88.7 Å². The number of anilines is 1. The van der Waals surface area contributed by atoms with E-state index < -0.39 is 5.91 Å². The second kappa shape index (κ2) is 8.93. The molecule has 5 aromatic rings. The highest BCUT2D eigenvalue weighted by atomic mass is 32.1. The Morgan fingerprint density at radius 2 is 1.91 bits per heavy atom. The van der Waals surface area contributed by atoms with E-state index in [0.29, 0.717) is 21.6 Å². The molecule has 0 atom stereocenters. The van der Waals surface area contributed by atoms with Crippen molar-refractivity contribution < 1.29 is 9.90 Å². The van der Waals surface area contributed by atoms with Crippen LogP contribution in [0.5, 0.6) is 5.75 Å². The fourth-order valence-electron chi connectivity index (χ4n) is 3.41. The second-order valence-corrected chi connectivity index (χ2v) is 7.93. The SMILES string of the molecule is [C-]#[N+]c1cnn(-c2nccs2)c1/N=N/c1cc2ccccc2c(C(=O)Nc2ccccc2)c1O. The summed E-state index contributed by atoms with van der Waals surface area (Å²) in [5, 5.41) is 30.0. The number of nitrogens with zero attached hydrogens (tertiary/aromatic N) is 6. The third-order valence-electron chi connectivity index (χ3n) is 4.96. The number of thiazole rings is 1. The lowest BCUT2D eigenvalue weighted by Gasteiger charge is -2.12. The molecule has 0 fully saturated rings. The van der Waals surface area contributed by atoms with Crippen molar-refractivity contribution in [3.05, 3.63) is 95.4 Å². The second-order valence-electron chi connectivity index (χ2n) is 7.05. The molecule has 9 nitrogen and oxygen atoms in total. The number of rotatable bonds is 5. The highest BCUT2D eigenvalue weighted by Crippen LogP contribution is 2.39. The summed E-state index contributed by atoms with van der Waals surface area (Å²) in [4.78, 5) is 20.8. The van der Waals surface area contributed by atoms with Gasteiger partial charge >= 0.3 is 0 Å². The van der Waals surface area contributed by atoms with Gasteiger partial charge in [0, 0.05) is 17.3 Å². The summed E-state index contributed by atoms with van der Waals surface area (Å²) in [6.07, 6.45) is 2.99. The lowest BCUT2D eigenvalue weighted by molar-refractivity contribution is 0.102. The van der Waals surface area contributed by atoms with Crippen LogP contribution in [-0.2, 0) is 0 Å². The number of nitrogens with one attached hydrogen (secondary N) is 1. The van der Waals surface area contributed by atoms with E-state index in [1.165, 1.54) is 22.2 Å². The minimum absolute atomic E-state index is 0.0785. The van der Waals surface area contributed by atoms with Gasteiger partial charge in [-0.2, -0.15) is 9.78 Å². The molecule has 2 heterocycles. The van der Waals surface area contributed by atoms with Crippen molar-refractivity contribution in [3.63, 3.8) is 0 Å². The Kier molecular flexibility index (Phi) is 5.51. The van der Waals surface area contributed by atoms with Gasteiger partial charge in [0.2, 0.25) is 5.13 Å². The Morgan fingerprint density at radius 3 is 2.68 bits per heavy atom. The van der Waals surface area contributed by atoms with E-state index in [2.05, 4.69) is 30.5 Å². The van der Waals surface area contributed by atoms with E-state index in [-0.39, 0.29) is 28.5 Å². The first kappa shape index (κ1) is 21.0. The minimum Gasteiger partial charge on any atom is -0.505 e. The van der Waals surface area contributed by atoms with Gasteiger partial charge < -0.3 is 10.4 Å². The number of benzene rings is 3. The fourth-order valence-corrected chi connectivity index (χ4v) is 4.01. The van der Waals surface area contributed by atoms with E-state index in [9.17, 15) is 9.90 Å². The van der Waals surface area contributed by atoms with Crippen LogP contribution in [0.1, 0.15) is 10.4 Å². The molecule has 34 heavy (non-hydrogen) atoms. The Bertz CT molecular complexity index is 1570. The van der Waals surface area contributed by atoms with E-state index in [1.807, 2.05) is 18.2 Å². The Balaban J connectivity index is 1.60. The molecule has 0 bridgehead atoms. The maximum Gasteiger partial charge on any atom is 0.260 e. The van der Waals surface area contributed by atoms with Crippen LogP contribution in [0.25, 0.3) is 20.7 Å². The molecule has 0 radical (unpaired) electrons. The van der Waals surface area contributed by atoms with Crippen LogP contribution in [0.3, 0.4) is 0 Å². The normalized spacial score (nSPS) is 11.0. The van der Waals surface area contributed by atoms with Crippen molar-refractivity contribution in [2.45, 2.75) is 0 Å². The van der Waals surface area contributed by atoms with E-state index in [0.717, 1.165) is 0 Å². The first-order valence-corrected chi connectivity index (χ1v) is 10.9. The molecule has 3 aromatic carbocycles. The number of phenols is 1. The van der Waals surface area contributed by atoms with Crippen LogP contribution in [0.2, 0.25) is 0 Å². The molecule has 5 rings (SSSR count). The van der Waals surface area contributed by atoms with Gasteiger partial charge in [-0.25, -0.2) is 9.83 Å². The molecule has 10 heteroatoms. The Labute approximate surface area is 197 Å². The number of phenolic OH excluding ortho intramolecular Hbond substituents is 1. The van der Waals surface area contributed by atoms with Crippen molar-refractivity contribution in [2.75, 3.05) is 5.32 Å². The number of fused-ring (bicyclic) bond motifs is 1. The highest BCUT2D eigenvalue weighted by Gasteiger charge is 2.20. The molecule has 164 valence electrons. The smallest absolute Gasteiger partial charge is 0.260 e. The molecule has 1 amide bonds. The largest absolute Gasteiger partial charge is 0.505 e. The molecular weight excluding hydrogens is 450 g/mol. The van der Waals surface area contributed by atoms with Crippen LogP contribution >= 0.6 is 11.3 Å². The first-order valence-electron chi connectivity index (χ1n) is 10.0. The standard InChI is InChI=1S/C24H15N7O2S/c1-25-19-14-27-31(24-26-11-12-34-24)22(19)30-29-18-13-15-7-5-6-10-17(15)20(21(18)32)23(33)28-16-8-3-2-4-9-16/h2-14,32H,(H,28,33)/b30-29+. The average Bonchev–Trinajstić information content (AvgIpc) is 3.53. The van der Waals surface area contributed by atoms with Crippen LogP contribution in [-0.4, -0.2) is 25.8 Å². The molecule has 0 aliphatic carbocycles. The maximum absolute atomic E-state index is 13.1. The quantitative estimate of drug-likeness (QED) is 0.231. The molecule has 2 N–H and O–H groups in total. The first-order chi connectivity index (χ1) is 16.7. The molecule has 0 unspecified atom stereocenters. The van der Waals surface area contributed by atoms with Crippen molar-refractivity contribution in [1.82, 2.24) is 14.8 Å². The summed E-state index contributed by atoms with van der Waals surface area (Å²) in [6, 6.07) is 17.8. The number of aromatic nitrogens is 3. The highest BCUT2D eigenvalue weighted by molar-refractivity contribution is 7.12. The third kappa shape index (κ3) is 3.87. The van der Waals surface area contributed by atoms with Gasteiger partial charge in [0.05, 0.1) is 18.3 Å². The Morgan fingerprint density at radius 1 is 1.12 bits per heavy atom. The summed E-state index contributed by atoms with van der Waals surface area (Å²) in [6.45, 7) is 7.40. The number of aromatic hydroxyl groups is 1. The van der Waals surface area contributed by atoms with E-state index >= 15 is 0 Å². The van der Waals surface area contributed by atoms with Crippen LogP contribution in [0.4, 0.5) is 22.9 Å². The molecule has 0 spiro atoms. The van der Waals surface area contributed by atoms with Gasteiger partial charge in [-0.05, 0) is 29.0 Å².